The molecule has 3 N–H and O–H groups in total. The highest BCUT2D eigenvalue weighted by Crippen LogP contribution is 2.27. The van der Waals surface area contributed by atoms with E-state index in [1.54, 1.807) is 12.3 Å². The Morgan fingerprint density at radius 2 is 1.77 bits per heavy atom. The highest BCUT2D eigenvalue weighted by atomic mass is 127. The molecule has 0 unspecified atom stereocenters. The van der Waals surface area contributed by atoms with E-state index in [2.05, 4.69) is 38.1 Å². The van der Waals surface area contributed by atoms with E-state index >= 15 is 0 Å². The summed E-state index contributed by atoms with van der Waals surface area (Å²) in [6.45, 7) is 1.44. The van der Waals surface area contributed by atoms with Crippen LogP contribution in [0.15, 0.2) is 48.7 Å². The number of anilines is 2. The summed E-state index contributed by atoms with van der Waals surface area (Å²) >= 11 is 2.15. The Morgan fingerprint density at radius 1 is 1.07 bits per heavy atom. The van der Waals surface area contributed by atoms with E-state index in [0.717, 1.165) is 28.0 Å². The van der Waals surface area contributed by atoms with Crippen molar-refractivity contribution in [2.45, 2.75) is 12.8 Å². The van der Waals surface area contributed by atoms with Crippen molar-refractivity contribution in [3.05, 3.63) is 63.4 Å². The fourth-order valence-electron chi connectivity index (χ4n) is 3.75. The minimum absolute atomic E-state index is 0.256. The molecule has 30 heavy (non-hydrogen) atoms. The van der Waals surface area contributed by atoms with Gasteiger partial charge in [0.15, 0.2) is 0 Å². The van der Waals surface area contributed by atoms with Crippen LogP contribution in [-0.4, -0.2) is 36.0 Å². The summed E-state index contributed by atoms with van der Waals surface area (Å²) in [4.78, 5) is 37.7. The number of carbonyl (C=O) groups is 3. The molecule has 154 valence electrons. The van der Waals surface area contributed by atoms with Crippen LogP contribution in [0.5, 0.6) is 0 Å². The van der Waals surface area contributed by atoms with Gasteiger partial charge in [0.2, 0.25) is 0 Å². The van der Waals surface area contributed by atoms with Crippen LogP contribution in [-0.2, 0) is 9.59 Å². The van der Waals surface area contributed by atoms with E-state index in [1.807, 2.05) is 36.4 Å². The Hall–Kier alpha value is -2.88. The molecular formula is C22H20IN3O4. The van der Waals surface area contributed by atoms with Crippen LogP contribution in [0.25, 0.3) is 5.57 Å². The van der Waals surface area contributed by atoms with Gasteiger partial charge in [0.1, 0.15) is 0 Å². The number of nitrogens with zero attached hydrogens (tertiary/aromatic N) is 1. The molecule has 0 aliphatic carbocycles. The molecule has 0 aromatic heterocycles. The van der Waals surface area contributed by atoms with E-state index in [0.29, 0.717) is 29.5 Å². The van der Waals surface area contributed by atoms with Gasteiger partial charge in [0.25, 0.3) is 11.8 Å². The number of carboxylic acid groups (broad SMARTS) is 1. The van der Waals surface area contributed by atoms with Crippen molar-refractivity contribution in [1.82, 2.24) is 5.32 Å². The molecule has 0 spiro atoms. The van der Waals surface area contributed by atoms with Crippen LogP contribution < -0.4 is 15.5 Å². The van der Waals surface area contributed by atoms with Crippen LogP contribution >= 0.6 is 22.6 Å². The first kappa shape index (κ1) is 20.4. The third kappa shape index (κ3) is 4.18. The number of aliphatic carboxylic acids is 1. The number of carbonyl (C=O) groups excluding carboxylic acids is 2. The van der Waals surface area contributed by atoms with Gasteiger partial charge in [-0.1, -0.05) is 0 Å². The van der Waals surface area contributed by atoms with Crippen molar-refractivity contribution >= 4 is 57.3 Å². The second-order valence-electron chi connectivity index (χ2n) is 7.32. The molecule has 2 heterocycles. The van der Waals surface area contributed by atoms with Crippen LogP contribution in [0.2, 0.25) is 0 Å². The molecule has 2 amide bonds. The predicted molar refractivity (Wildman–Crippen MR) is 122 cm³/mol. The number of piperidine rings is 1. The molecule has 8 heteroatoms. The maximum atomic E-state index is 12.3. The molecule has 0 atom stereocenters. The van der Waals surface area contributed by atoms with Crippen LogP contribution in [0, 0.1) is 9.49 Å². The van der Waals surface area contributed by atoms with Crippen molar-refractivity contribution in [2.24, 2.45) is 5.92 Å². The second kappa shape index (κ2) is 8.47. The number of hydrogen-bond acceptors (Lipinski definition) is 5. The molecule has 2 aliphatic rings. The number of benzene rings is 2. The molecule has 0 bridgehead atoms. The van der Waals surface area contributed by atoms with E-state index in [-0.39, 0.29) is 11.8 Å². The summed E-state index contributed by atoms with van der Waals surface area (Å²) in [5, 5.41) is 14.6. The first-order valence-corrected chi connectivity index (χ1v) is 10.7. The third-order valence-electron chi connectivity index (χ3n) is 5.45. The number of hydrogen-bond donors (Lipinski definition) is 3. The Balaban J connectivity index is 1.48. The highest BCUT2D eigenvalue weighted by molar-refractivity contribution is 14.1. The zero-order valence-electron chi connectivity index (χ0n) is 16.0. The Labute approximate surface area is 187 Å². The zero-order valence-corrected chi connectivity index (χ0v) is 18.2. The van der Waals surface area contributed by atoms with Gasteiger partial charge in [-0.3, -0.25) is 19.7 Å². The predicted octanol–water partition coefficient (Wildman–Crippen LogP) is 3.32. The van der Waals surface area contributed by atoms with Gasteiger partial charge in [0.05, 0.1) is 11.5 Å². The van der Waals surface area contributed by atoms with Crippen LogP contribution in [0.4, 0.5) is 11.4 Å². The second-order valence-corrected chi connectivity index (χ2v) is 8.57. The minimum Gasteiger partial charge on any atom is -0.481 e. The minimum atomic E-state index is -0.716. The lowest BCUT2D eigenvalue weighted by Crippen LogP contribution is -2.36. The number of carboxylic acids is 1. The molecule has 2 aromatic rings. The zero-order chi connectivity index (χ0) is 21.3. The maximum Gasteiger partial charge on any atom is 0.306 e. The van der Waals surface area contributed by atoms with Gasteiger partial charge in [-0.05, 0) is 77.9 Å². The number of halogens is 1. The Bertz CT molecular complexity index is 1040. The largest absolute Gasteiger partial charge is 0.481 e. The smallest absolute Gasteiger partial charge is 0.306 e. The molecular weight excluding hydrogens is 497 g/mol. The van der Waals surface area contributed by atoms with Crippen molar-refractivity contribution in [3.8, 4) is 0 Å². The van der Waals surface area contributed by atoms with E-state index in [1.165, 1.54) is 0 Å². The van der Waals surface area contributed by atoms with E-state index in [4.69, 9.17) is 5.11 Å². The SMILES string of the molecule is O=C1NC(=O)c2ccc(I)cc2/C1=C/Nc1ccc(N2CCC(C(=O)O)CC2)cc1. The fraction of sp³-hybridized carbons (Fsp3) is 0.227. The average molecular weight is 517 g/mol. The molecule has 0 radical (unpaired) electrons. The first-order chi connectivity index (χ1) is 14.4. The van der Waals surface area contributed by atoms with Crippen molar-refractivity contribution in [3.63, 3.8) is 0 Å². The summed E-state index contributed by atoms with van der Waals surface area (Å²) < 4.78 is 0.941. The molecule has 7 nitrogen and oxygen atoms in total. The average Bonchev–Trinajstić information content (AvgIpc) is 2.74. The number of amides is 2. The lowest BCUT2D eigenvalue weighted by atomic mass is 9.95. The van der Waals surface area contributed by atoms with Gasteiger partial charge in [-0.2, -0.15) is 0 Å². The quantitative estimate of drug-likeness (QED) is 0.327. The van der Waals surface area contributed by atoms with Gasteiger partial charge in [-0.15, -0.1) is 0 Å². The summed E-state index contributed by atoms with van der Waals surface area (Å²) in [6.07, 6.45) is 2.91. The van der Waals surface area contributed by atoms with Crippen molar-refractivity contribution in [1.29, 1.82) is 0 Å². The first-order valence-electron chi connectivity index (χ1n) is 9.62. The highest BCUT2D eigenvalue weighted by Gasteiger charge is 2.27. The summed E-state index contributed by atoms with van der Waals surface area (Å²) in [5.74, 6) is -1.79. The lowest BCUT2D eigenvalue weighted by molar-refractivity contribution is -0.142. The summed E-state index contributed by atoms with van der Waals surface area (Å²) in [6, 6.07) is 13.2. The van der Waals surface area contributed by atoms with E-state index < -0.39 is 11.9 Å². The van der Waals surface area contributed by atoms with Gasteiger partial charge < -0.3 is 15.3 Å². The Kier molecular flexibility index (Phi) is 5.76. The van der Waals surface area contributed by atoms with Gasteiger partial charge in [0, 0.05) is 45.4 Å². The molecule has 0 saturated carbocycles. The van der Waals surface area contributed by atoms with Crippen molar-refractivity contribution < 1.29 is 19.5 Å². The fourth-order valence-corrected chi connectivity index (χ4v) is 4.24. The normalized spacial score (nSPS) is 18.2. The number of imide groups is 1. The lowest BCUT2D eigenvalue weighted by Gasteiger charge is -2.32. The molecule has 2 aliphatic heterocycles. The third-order valence-corrected chi connectivity index (χ3v) is 6.12. The Morgan fingerprint density at radius 3 is 2.43 bits per heavy atom. The number of rotatable bonds is 4. The number of nitrogens with one attached hydrogen (secondary N) is 2. The summed E-state index contributed by atoms with van der Waals surface area (Å²) in [5.41, 5.74) is 3.34. The van der Waals surface area contributed by atoms with Crippen LogP contribution in [0.3, 0.4) is 0 Å². The number of fused-ring (bicyclic) bond motifs is 1. The molecule has 1 saturated heterocycles. The topological polar surface area (TPSA) is 98.7 Å². The van der Waals surface area contributed by atoms with Gasteiger partial charge in [-0.25, -0.2) is 0 Å². The van der Waals surface area contributed by atoms with Crippen LogP contribution in [0.1, 0.15) is 28.8 Å². The van der Waals surface area contributed by atoms with E-state index in [9.17, 15) is 14.4 Å². The molecule has 1 fully saturated rings. The molecule has 4 rings (SSSR count). The maximum absolute atomic E-state index is 12.3. The monoisotopic (exact) mass is 517 g/mol. The standard InChI is InChI=1S/C22H20IN3O4/c23-14-1-6-17-18(11-14)19(21(28)25-20(17)27)12-24-15-2-4-16(5-3-15)26-9-7-13(8-10-26)22(29)30/h1-6,11-13,24H,7-10H2,(H,29,30)(H,25,27,28)/b19-12-. The van der Waals surface area contributed by atoms with Crippen molar-refractivity contribution in [2.75, 3.05) is 23.3 Å². The molecule has 2 aromatic carbocycles. The van der Waals surface area contributed by atoms with Gasteiger partial charge >= 0.3 is 5.97 Å². The summed E-state index contributed by atoms with van der Waals surface area (Å²) in [7, 11) is 0.